The monoisotopic (exact) mass is 480 g/mol. The molecule has 0 aromatic carbocycles. The molecule has 29 heavy (non-hydrogen) atoms. The van der Waals surface area contributed by atoms with Gasteiger partial charge >= 0.3 is 0 Å². The van der Waals surface area contributed by atoms with Gasteiger partial charge in [-0.1, -0.05) is 51.2 Å². The fraction of sp³-hybridized carbons (Fsp3) is 0.364. The Hall–Kier alpha value is -0.990. The van der Waals surface area contributed by atoms with Gasteiger partial charge in [0.25, 0.3) is 0 Å². The number of sulfone groups is 1. The van der Waals surface area contributed by atoms with Gasteiger partial charge in [-0.25, -0.2) is 8.42 Å². The van der Waals surface area contributed by atoms with Crippen LogP contribution in [-0.4, -0.2) is 14.2 Å². The lowest BCUT2D eigenvalue weighted by Gasteiger charge is -2.02. The van der Waals surface area contributed by atoms with E-state index in [-0.39, 0.29) is 5.75 Å². The lowest BCUT2D eigenvalue weighted by molar-refractivity contribution is 0.585. The number of thiophene rings is 4. The summed E-state index contributed by atoms with van der Waals surface area (Å²) >= 11 is 6.66. The minimum Gasteiger partial charge on any atom is -0.223 e. The largest absolute Gasteiger partial charge is 0.223 e. The van der Waals surface area contributed by atoms with E-state index < -0.39 is 9.84 Å². The van der Waals surface area contributed by atoms with Gasteiger partial charge in [-0.15, -0.1) is 45.3 Å². The van der Waals surface area contributed by atoms with E-state index in [4.69, 9.17) is 0 Å². The minimum atomic E-state index is -3.23. The standard InChI is InChI=1S/C22H24O2S5/c1-2-3-4-5-6-7-14-29(23,24)19-15-16-20(17-10-8-12-25-17)28-22(21(16)27-19)18-11-9-13-26-18/h8-13,15H,2-7,14H2,1H3. The van der Waals surface area contributed by atoms with Crippen molar-refractivity contribution in [3.63, 3.8) is 0 Å². The molecule has 4 aromatic heterocycles. The summed E-state index contributed by atoms with van der Waals surface area (Å²) in [4.78, 5) is 4.81. The second-order valence-electron chi connectivity index (χ2n) is 7.11. The third kappa shape index (κ3) is 4.69. The van der Waals surface area contributed by atoms with Crippen LogP contribution in [0.3, 0.4) is 0 Å². The molecule has 0 aliphatic heterocycles. The maximum Gasteiger partial charge on any atom is 0.187 e. The fourth-order valence-corrected chi connectivity index (χ4v) is 9.62. The molecule has 0 amide bonds. The van der Waals surface area contributed by atoms with E-state index in [1.54, 1.807) is 34.0 Å². The summed E-state index contributed by atoms with van der Waals surface area (Å²) in [5, 5.41) is 5.25. The van der Waals surface area contributed by atoms with E-state index in [9.17, 15) is 8.42 Å². The predicted octanol–water partition coefficient (Wildman–Crippen LogP) is 8.55. The molecule has 0 N–H and O–H groups in total. The van der Waals surface area contributed by atoms with E-state index in [0.717, 1.165) is 29.3 Å². The molecule has 0 saturated carbocycles. The summed E-state index contributed by atoms with van der Waals surface area (Å²) in [6.45, 7) is 2.20. The minimum absolute atomic E-state index is 0.258. The number of unbranched alkanes of at least 4 members (excludes halogenated alkanes) is 5. The van der Waals surface area contributed by atoms with Crippen LogP contribution in [-0.2, 0) is 9.84 Å². The van der Waals surface area contributed by atoms with E-state index in [1.165, 1.54) is 50.1 Å². The molecule has 0 atom stereocenters. The summed E-state index contributed by atoms with van der Waals surface area (Å²) < 4.78 is 27.6. The number of fused-ring (bicyclic) bond motifs is 1. The van der Waals surface area contributed by atoms with Crippen LogP contribution in [0.15, 0.2) is 45.3 Å². The van der Waals surface area contributed by atoms with Gasteiger partial charge in [-0.3, -0.25) is 0 Å². The molecule has 4 aromatic rings. The average molecular weight is 481 g/mol. The Morgan fingerprint density at radius 1 is 0.828 bits per heavy atom. The summed E-state index contributed by atoms with van der Waals surface area (Å²) in [6, 6.07) is 10.3. The Morgan fingerprint density at radius 3 is 2.14 bits per heavy atom. The molecule has 0 radical (unpaired) electrons. The van der Waals surface area contributed by atoms with Gasteiger partial charge < -0.3 is 0 Å². The highest BCUT2D eigenvalue weighted by Crippen LogP contribution is 2.50. The zero-order chi connectivity index (χ0) is 20.3. The van der Waals surface area contributed by atoms with Gasteiger partial charge in [0.05, 0.1) is 20.2 Å². The summed E-state index contributed by atoms with van der Waals surface area (Å²) in [5.74, 6) is 0.258. The first-order valence-electron chi connectivity index (χ1n) is 9.97. The number of hydrogen-bond donors (Lipinski definition) is 0. The zero-order valence-corrected chi connectivity index (χ0v) is 20.4. The Labute approximate surface area is 188 Å². The highest BCUT2D eigenvalue weighted by Gasteiger charge is 2.23. The third-order valence-electron chi connectivity index (χ3n) is 4.93. The summed E-state index contributed by atoms with van der Waals surface area (Å²) in [6.07, 6.45) is 6.55. The van der Waals surface area contributed by atoms with Gasteiger partial charge in [-0.05, 0) is 35.4 Å². The van der Waals surface area contributed by atoms with E-state index >= 15 is 0 Å². The Kier molecular flexibility index (Phi) is 6.91. The van der Waals surface area contributed by atoms with Gasteiger partial charge in [0, 0.05) is 15.1 Å². The molecule has 0 bridgehead atoms. The second kappa shape index (κ2) is 9.43. The summed E-state index contributed by atoms with van der Waals surface area (Å²) in [5.41, 5.74) is 0. The lowest BCUT2D eigenvalue weighted by Crippen LogP contribution is -2.04. The van der Waals surface area contributed by atoms with Crippen LogP contribution in [0.5, 0.6) is 0 Å². The van der Waals surface area contributed by atoms with Crippen molar-refractivity contribution in [2.45, 2.75) is 49.7 Å². The molecule has 0 unspecified atom stereocenters. The van der Waals surface area contributed by atoms with E-state index in [2.05, 4.69) is 41.9 Å². The van der Waals surface area contributed by atoms with Crippen LogP contribution < -0.4 is 0 Å². The van der Waals surface area contributed by atoms with Crippen molar-refractivity contribution < 1.29 is 8.42 Å². The molecule has 154 valence electrons. The second-order valence-corrected chi connectivity index (χ2v) is 13.4. The highest BCUT2D eigenvalue weighted by atomic mass is 32.2. The molecule has 0 aliphatic rings. The molecular weight excluding hydrogens is 457 g/mol. The molecular formula is C22H24O2S5. The van der Waals surface area contributed by atoms with Crippen molar-refractivity contribution >= 4 is 65.3 Å². The number of rotatable bonds is 10. The van der Waals surface area contributed by atoms with Crippen molar-refractivity contribution in [1.29, 1.82) is 0 Å². The Bertz CT molecular complexity index is 1080. The van der Waals surface area contributed by atoms with Crippen LogP contribution in [0.2, 0.25) is 0 Å². The predicted molar refractivity (Wildman–Crippen MR) is 132 cm³/mol. The SMILES string of the molecule is CCCCCCCCS(=O)(=O)c1cc2c(-c3cccs3)sc(-c3cccs3)c2s1. The Balaban J connectivity index is 1.64. The molecule has 0 fully saturated rings. The molecule has 4 rings (SSSR count). The van der Waals surface area contributed by atoms with Gasteiger partial charge in [0.15, 0.2) is 9.84 Å². The first-order valence-corrected chi connectivity index (χ1v) is 15.0. The van der Waals surface area contributed by atoms with E-state index in [0.29, 0.717) is 4.21 Å². The lowest BCUT2D eigenvalue weighted by atomic mass is 10.1. The van der Waals surface area contributed by atoms with Crippen LogP contribution in [0, 0.1) is 0 Å². The highest BCUT2D eigenvalue weighted by molar-refractivity contribution is 7.93. The molecule has 4 heterocycles. The van der Waals surface area contributed by atoms with Crippen molar-refractivity contribution in [3.8, 4) is 19.5 Å². The molecule has 2 nitrogen and oxygen atoms in total. The van der Waals surface area contributed by atoms with Crippen LogP contribution in [0.1, 0.15) is 45.4 Å². The Morgan fingerprint density at radius 2 is 1.48 bits per heavy atom. The molecule has 7 heteroatoms. The normalized spacial score (nSPS) is 12.2. The third-order valence-corrected chi connectivity index (χ3v) is 11.9. The maximum atomic E-state index is 13.0. The zero-order valence-electron chi connectivity index (χ0n) is 16.3. The number of hydrogen-bond acceptors (Lipinski definition) is 6. The molecule has 0 aliphatic carbocycles. The van der Waals surface area contributed by atoms with Crippen LogP contribution >= 0.6 is 45.3 Å². The smallest absolute Gasteiger partial charge is 0.187 e. The van der Waals surface area contributed by atoms with Crippen LogP contribution in [0.4, 0.5) is 0 Å². The topological polar surface area (TPSA) is 34.1 Å². The van der Waals surface area contributed by atoms with Crippen molar-refractivity contribution in [2.75, 3.05) is 5.75 Å². The molecule has 0 spiro atoms. The van der Waals surface area contributed by atoms with Gasteiger partial charge in [-0.2, -0.15) is 0 Å². The van der Waals surface area contributed by atoms with Gasteiger partial charge in [0.2, 0.25) is 0 Å². The fourth-order valence-electron chi connectivity index (χ4n) is 3.40. The quantitative estimate of drug-likeness (QED) is 0.213. The van der Waals surface area contributed by atoms with Crippen molar-refractivity contribution in [1.82, 2.24) is 0 Å². The van der Waals surface area contributed by atoms with E-state index in [1.807, 2.05) is 6.07 Å². The maximum absolute atomic E-state index is 13.0. The van der Waals surface area contributed by atoms with Crippen molar-refractivity contribution in [2.24, 2.45) is 0 Å². The average Bonchev–Trinajstić information content (AvgIpc) is 3.48. The first kappa shape index (κ1) is 21.2. The first-order chi connectivity index (χ1) is 14.1. The van der Waals surface area contributed by atoms with Crippen molar-refractivity contribution in [3.05, 3.63) is 41.1 Å². The van der Waals surface area contributed by atoms with Crippen LogP contribution in [0.25, 0.3) is 29.6 Å². The molecule has 0 saturated heterocycles. The summed E-state index contributed by atoms with van der Waals surface area (Å²) in [7, 11) is -3.23. The van der Waals surface area contributed by atoms with Gasteiger partial charge in [0.1, 0.15) is 4.21 Å².